The molecule has 0 radical (unpaired) electrons. The van der Waals surface area contributed by atoms with Gasteiger partial charge in [0.1, 0.15) is 0 Å². The number of nitrogens with two attached hydrogens (primary N) is 1. The predicted molar refractivity (Wildman–Crippen MR) is 64.8 cm³/mol. The van der Waals surface area contributed by atoms with Crippen molar-refractivity contribution >= 4 is 11.3 Å². The van der Waals surface area contributed by atoms with Gasteiger partial charge in [-0.15, -0.1) is 11.3 Å². The van der Waals surface area contributed by atoms with Crippen LogP contribution >= 0.6 is 11.3 Å². The molecule has 0 saturated carbocycles. The molecule has 82 valence electrons. The van der Waals surface area contributed by atoms with Crippen LogP contribution in [0.1, 0.15) is 30.7 Å². The average Bonchev–Trinajstić information content (AvgIpc) is 2.70. The van der Waals surface area contributed by atoms with Crippen LogP contribution in [0.25, 0.3) is 0 Å². The lowest BCUT2D eigenvalue weighted by Crippen LogP contribution is -2.05. The third-order valence-corrected chi connectivity index (χ3v) is 3.04. The molecule has 0 aliphatic carbocycles. The van der Waals surface area contributed by atoms with Crippen molar-refractivity contribution in [1.29, 1.82) is 0 Å². The minimum absolute atomic E-state index is 0.308. The lowest BCUT2D eigenvalue weighted by atomic mass is 10.2. The van der Waals surface area contributed by atoms with Gasteiger partial charge in [0.15, 0.2) is 0 Å². The van der Waals surface area contributed by atoms with Crippen molar-refractivity contribution in [3.63, 3.8) is 0 Å². The summed E-state index contributed by atoms with van der Waals surface area (Å²) in [5.74, 6) is 5.91. The highest BCUT2D eigenvalue weighted by atomic mass is 32.1. The zero-order valence-corrected chi connectivity index (χ0v) is 10.1. The number of hydrogen-bond acceptors (Lipinski definition) is 3. The van der Waals surface area contributed by atoms with Gasteiger partial charge in [0, 0.05) is 10.4 Å². The molecule has 1 aromatic heterocycles. The first-order chi connectivity index (χ1) is 7.27. The molecule has 2 N–H and O–H groups in total. The van der Waals surface area contributed by atoms with Crippen LogP contribution < -0.4 is 5.73 Å². The third-order valence-electron chi connectivity index (χ3n) is 2.14. The summed E-state index contributed by atoms with van der Waals surface area (Å²) < 4.78 is 5.67. The van der Waals surface area contributed by atoms with Gasteiger partial charge < -0.3 is 10.5 Å². The first-order valence-corrected chi connectivity index (χ1v) is 6.02. The topological polar surface area (TPSA) is 35.2 Å². The quantitative estimate of drug-likeness (QED) is 0.795. The molecule has 0 fully saturated rings. The number of thiophene rings is 1. The monoisotopic (exact) mass is 223 g/mol. The van der Waals surface area contributed by atoms with E-state index in [1.54, 1.807) is 11.3 Å². The summed E-state index contributed by atoms with van der Waals surface area (Å²) >= 11 is 1.68. The molecule has 1 unspecified atom stereocenters. The highest BCUT2D eigenvalue weighted by Crippen LogP contribution is 2.17. The zero-order valence-electron chi connectivity index (χ0n) is 9.25. The maximum atomic E-state index is 5.67. The van der Waals surface area contributed by atoms with Crippen molar-refractivity contribution in [2.45, 2.75) is 33.0 Å². The minimum Gasteiger partial charge on any atom is -0.373 e. The van der Waals surface area contributed by atoms with Gasteiger partial charge in [-0.25, -0.2) is 0 Å². The summed E-state index contributed by atoms with van der Waals surface area (Å²) in [4.78, 5) is 1.19. The van der Waals surface area contributed by atoms with Crippen molar-refractivity contribution in [3.8, 4) is 11.8 Å². The van der Waals surface area contributed by atoms with E-state index in [1.807, 2.05) is 11.4 Å². The van der Waals surface area contributed by atoms with E-state index in [-0.39, 0.29) is 0 Å². The highest BCUT2D eigenvalue weighted by molar-refractivity contribution is 7.10. The van der Waals surface area contributed by atoms with Gasteiger partial charge in [-0.3, -0.25) is 0 Å². The lowest BCUT2D eigenvalue weighted by molar-refractivity contribution is 0.0524. The molecular weight excluding hydrogens is 206 g/mol. The Bertz CT molecular complexity index is 348. The van der Waals surface area contributed by atoms with Crippen molar-refractivity contribution in [2.75, 3.05) is 6.54 Å². The van der Waals surface area contributed by atoms with Gasteiger partial charge in [-0.1, -0.05) is 18.8 Å². The maximum Gasteiger partial charge on any atom is 0.0825 e. The Balaban J connectivity index is 2.57. The van der Waals surface area contributed by atoms with Gasteiger partial charge in [0.25, 0.3) is 0 Å². The van der Waals surface area contributed by atoms with Crippen LogP contribution in [-0.2, 0) is 11.3 Å². The Labute approximate surface area is 95.4 Å². The van der Waals surface area contributed by atoms with E-state index in [1.165, 1.54) is 4.88 Å². The molecule has 0 spiro atoms. The third kappa shape index (κ3) is 4.05. The fourth-order valence-electron chi connectivity index (χ4n) is 1.05. The molecule has 0 bridgehead atoms. The van der Waals surface area contributed by atoms with Crippen molar-refractivity contribution in [2.24, 2.45) is 5.73 Å². The molecule has 15 heavy (non-hydrogen) atoms. The Morgan fingerprint density at radius 1 is 1.60 bits per heavy atom. The summed E-state index contributed by atoms with van der Waals surface area (Å²) in [5, 5.41) is 2.04. The summed E-state index contributed by atoms with van der Waals surface area (Å²) in [5.41, 5.74) is 6.39. The second-order valence-corrected chi connectivity index (χ2v) is 4.29. The molecule has 0 aromatic carbocycles. The van der Waals surface area contributed by atoms with Crippen LogP contribution in [0.15, 0.2) is 11.4 Å². The molecule has 1 heterocycles. The fraction of sp³-hybridized carbons (Fsp3) is 0.500. The van der Waals surface area contributed by atoms with Gasteiger partial charge in [-0.2, -0.15) is 0 Å². The predicted octanol–water partition coefficient (Wildman–Crippen LogP) is 2.37. The number of rotatable bonds is 4. The lowest BCUT2D eigenvalue weighted by Gasteiger charge is -2.09. The molecule has 3 heteroatoms. The van der Waals surface area contributed by atoms with Crippen molar-refractivity contribution in [1.82, 2.24) is 0 Å². The summed E-state index contributed by atoms with van der Waals surface area (Å²) in [6.45, 7) is 5.26. The van der Waals surface area contributed by atoms with Crippen molar-refractivity contribution in [3.05, 3.63) is 21.9 Å². The summed E-state index contributed by atoms with van der Waals surface area (Å²) in [6.07, 6.45) is 1.34. The number of hydrogen-bond donors (Lipinski definition) is 1. The average molecular weight is 223 g/mol. The number of ether oxygens (including phenoxy) is 1. The second kappa shape index (κ2) is 6.62. The van der Waals surface area contributed by atoms with Gasteiger partial charge >= 0.3 is 0 Å². The minimum atomic E-state index is 0.308. The molecule has 2 nitrogen and oxygen atoms in total. The summed E-state index contributed by atoms with van der Waals surface area (Å²) in [7, 11) is 0. The van der Waals surface area contributed by atoms with Crippen LogP contribution in [0, 0.1) is 11.8 Å². The smallest absolute Gasteiger partial charge is 0.0825 e. The first-order valence-electron chi connectivity index (χ1n) is 5.14. The molecule has 0 aliphatic rings. The van der Waals surface area contributed by atoms with Crippen LogP contribution in [0.2, 0.25) is 0 Å². The Morgan fingerprint density at radius 3 is 3.07 bits per heavy atom. The Kier molecular flexibility index (Phi) is 5.41. The second-order valence-electron chi connectivity index (χ2n) is 3.29. The highest BCUT2D eigenvalue weighted by Gasteiger charge is 2.04. The van der Waals surface area contributed by atoms with E-state index in [2.05, 4.69) is 25.7 Å². The van der Waals surface area contributed by atoms with E-state index in [0.29, 0.717) is 19.3 Å². The largest absolute Gasteiger partial charge is 0.373 e. The van der Waals surface area contributed by atoms with E-state index in [9.17, 15) is 0 Å². The zero-order chi connectivity index (χ0) is 11.1. The van der Waals surface area contributed by atoms with Gasteiger partial charge in [0.05, 0.1) is 19.3 Å². The first kappa shape index (κ1) is 12.3. The molecule has 1 aromatic rings. The molecule has 0 saturated heterocycles. The van der Waals surface area contributed by atoms with Crippen LogP contribution in [0.3, 0.4) is 0 Å². The molecule has 1 atom stereocenters. The van der Waals surface area contributed by atoms with Crippen LogP contribution in [0.4, 0.5) is 0 Å². The molecule has 0 amide bonds. The molecular formula is C12H17NOS. The van der Waals surface area contributed by atoms with Gasteiger partial charge in [-0.05, 0) is 24.8 Å². The Hall–Kier alpha value is -0.820. The van der Waals surface area contributed by atoms with E-state index < -0.39 is 0 Å². The molecule has 1 rings (SSSR count). The SMILES string of the molecule is CCC(C)OCc1sccc1C#CCN. The van der Waals surface area contributed by atoms with Crippen LogP contribution in [0.5, 0.6) is 0 Å². The van der Waals surface area contributed by atoms with Gasteiger partial charge in [0.2, 0.25) is 0 Å². The van der Waals surface area contributed by atoms with Crippen LogP contribution in [-0.4, -0.2) is 12.6 Å². The normalized spacial score (nSPS) is 11.9. The molecule has 0 aliphatic heterocycles. The van der Waals surface area contributed by atoms with E-state index >= 15 is 0 Å². The van der Waals surface area contributed by atoms with Crippen molar-refractivity contribution < 1.29 is 4.74 Å². The maximum absolute atomic E-state index is 5.67. The van der Waals surface area contributed by atoms with E-state index in [0.717, 1.165) is 12.0 Å². The standard InChI is InChI=1S/C12H17NOS/c1-3-10(2)14-9-12-11(5-4-7-13)6-8-15-12/h6,8,10H,3,7,9,13H2,1-2H3. The fourth-order valence-corrected chi connectivity index (χ4v) is 1.80. The van der Waals surface area contributed by atoms with E-state index in [4.69, 9.17) is 10.5 Å². The Morgan fingerprint density at radius 2 is 2.40 bits per heavy atom. The summed E-state index contributed by atoms with van der Waals surface area (Å²) in [6, 6.07) is 2.02.